The Kier molecular flexibility index (Phi) is 4.50. The highest BCUT2D eigenvalue weighted by Gasteiger charge is 2.03. The summed E-state index contributed by atoms with van der Waals surface area (Å²) in [6, 6.07) is 8.49. The van der Waals surface area contributed by atoms with E-state index in [1.54, 1.807) is 12.5 Å². The van der Waals surface area contributed by atoms with E-state index in [1.807, 2.05) is 10.8 Å². The van der Waals surface area contributed by atoms with Crippen LogP contribution in [0.3, 0.4) is 0 Å². The van der Waals surface area contributed by atoms with Crippen LogP contribution < -0.4 is 5.32 Å². The second kappa shape index (κ2) is 6.33. The lowest BCUT2D eigenvalue weighted by Crippen LogP contribution is -2.31. The summed E-state index contributed by atoms with van der Waals surface area (Å²) in [5, 5.41) is 12.4. The molecule has 0 amide bonds. The Labute approximate surface area is 107 Å². The lowest BCUT2D eigenvalue weighted by Gasteiger charge is -2.14. The first-order valence-electron chi connectivity index (χ1n) is 6.25. The molecule has 2 aromatic rings. The first-order valence-corrected chi connectivity index (χ1v) is 6.25. The van der Waals surface area contributed by atoms with Crippen molar-refractivity contribution in [1.29, 1.82) is 0 Å². The predicted molar refractivity (Wildman–Crippen MR) is 71.6 cm³/mol. The van der Waals surface area contributed by atoms with Crippen LogP contribution in [0.4, 0.5) is 0 Å². The lowest BCUT2D eigenvalue weighted by atomic mass is 10.1. The van der Waals surface area contributed by atoms with E-state index in [4.69, 9.17) is 5.11 Å². The number of rotatable bonds is 6. The van der Waals surface area contributed by atoms with Gasteiger partial charge in [0, 0.05) is 30.7 Å². The van der Waals surface area contributed by atoms with Gasteiger partial charge in [-0.25, -0.2) is 4.98 Å². The zero-order chi connectivity index (χ0) is 12.8. The molecule has 0 aliphatic rings. The summed E-state index contributed by atoms with van der Waals surface area (Å²) in [4.78, 5) is 4.03. The van der Waals surface area contributed by atoms with Gasteiger partial charge in [0.25, 0.3) is 0 Å². The van der Waals surface area contributed by atoms with E-state index in [1.165, 1.54) is 5.56 Å². The van der Waals surface area contributed by atoms with Crippen LogP contribution >= 0.6 is 0 Å². The first-order chi connectivity index (χ1) is 8.83. The maximum atomic E-state index is 9.10. The highest BCUT2D eigenvalue weighted by Crippen LogP contribution is 2.09. The average molecular weight is 245 g/mol. The van der Waals surface area contributed by atoms with Gasteiger partial charge in [-0.2, -0.15) is 0 Å². The molecular formula is C14H19N3O. The molecule has 4 nitrogen and oxygen atoms in total. The zero-order valence-corrected chi connectivity index (χ0v) is 10.6. The maximum absolute atomic E-state index is 9.10. The average Bonchev–Trinajstić information content (AvgIpc) is 2.94. The van der Waals surface area contributed by atoms with E-state index in [9.17, 15) is 0 Å². The molecule has 1 aromatic carbocycles. The number of imidazole rings is 1. The summed E-state index contributed by atoms with van der Waals surface area (Å²) >= 11 is 0. The fourth-order valence-corrected chi connectivity index (χ4v) is 1.80. The molecular weight excluding hydrogens is 226 g/mol. The predicted octanol–water partition coefficient (Wildman–Crippen LogP) is 1.73. The Bertz CT molecular complexity index is 446. The number of hydrogen-bond donors (Lipinski definition) is 2. The second-order valence-corrected chi connectivity index (χ2v) is 4.31. The Balaban J connectivity index is 1.96. The largest absolute Gasteiger partial charge is 0.395 e. The maximum Gasteiger partial charge on any atom is 0.0991 e. The van der Waals surface area contributed by atoms with Gasteiger partial charge < -0.3 is 15.0 Å². The smallest absolute Gasteiger partial charge is 0.0991 e. The van der Waals surface area contributed by atoms with Crippen LogP contribution in [0.25, 0.3) is 5.69 Å². The van der Waals surface area contributed by atoms with Gasteiger partial charge in [0.15, 0.2) is 0 Å². The Morgan fingerprint density at radius 2 is 2.11 bits per heavy atom. The van der Waals surface area contributed by atoms with Crippen molar-refractivity contribution in [2.24, 2.45) is 0 Å². The number of aliphatic hydroxyl groups excluding tert-OH is 1. The van der Waals surface area contributed by atoms with Crippen molar-refractivity contribution in [3.63, 3.8) is 0 Å². The van der Waals surface area contributed by atoms with Crippen molar-refractivity contribution in [2.45, 2.75) is 25.9 Å². The van der Waals surface area contributed by atoms with Gasteiger partial charge in [-0.3, -0.25) is 0 Å². The number of aromatic nitrogens is 2. The molecule has 1 aromatic heterocycles. The Morgan fingerprint density at radius 3 is 2.67 bits per heavy atom. The standard InChI is InChI=1S/C14H19N3O/c1-2-13(10-18)16-9-12-3-5-14(6-4-12)17-8-7-15-11-17/h3-8,11,13,16,18H,2,9-10H2,1H3/t13-/m1/s1. The van der Waals surface area contributed by atoms with E-state index in [0.29, 0.717) is 0 Å². The van der Waals surface area contributed by atoms with Crippen molar-refractivity contribution in [2.75, 3.05) is 6.61 Å². The van der Waals surface area contributed by atoms with Crippen LogP contribution in [0.1, 0.15) is 18.9 Å². The molecule has 0 saturated carbocycles. The molecule has 0 aliphatic carbocycles. The Hall–Kier alpha value is -1.65. The molecule has 0 aliphatic heterocycles. The van der Waals surface area contributed by atoms with E-state index in [2.05, 4.69) is 41.5 Å². The van der Waals surface area contributed by atoms with E-state index in [0.717, 1.165) is 18.7 Å². The van der Waals surface area contributed by atoms with Gasteiger partial charge in [0.2, 0.25) is 0 Å². The Morgan fingerprint density at radius 1 is 1.33 bits per heavy atom. The fourth-order valence-electron chi connectivity index (χ4n) is 1.80. The van der Waals surface area contributed by atoms with Gasteiger partial charge >= 0.3 is 0 Å². The van der Waals surface area contributed by atoms with Gasteiger partial charge in [0.05, 0.1) is 12.9 Å². The van der Waals surface area contributed by atoms with Crippen molar-refractivity contribution >= 4 is 0 Å². The summed E-state index contributed by atoms with van der Waals surface area (Å²) in [5.74, 6) is 0. The summed E-state index contributed by atoms with van der Waals surface area (Å²) in [7, 11) is 0. The minimum atomic E-state index is 0.179. The molecule has 0 spiro atoms. The molecule has 0 radical (unpaired) electrons. The third kappa shape index (κ3) is 3.18. The molecule has 1 heterocycles. The molecule has 96 valence electrons. The van der Waals surface area contributed by atoms with Crippen LogP contribution in [0, 0.1) is 0 Å². The highest BCUT2D eigenvalue weighted by atomic mass is 16.3. The van der Waals surface area contributed by atoms with Crippen molar-refractivity contribution < 1.29 is 5.11 Å². The van der Waals surface area contributed by atoms with Crippen molar-refractivity contribution in [3.05, 3.63) is 48.5 Å². The second-order valence-electron chi connectivity index (χ2n) is 4.31. The molecule has 2 N–H and O–H groups in total. The van der Waals surface area contributed by atoms with E-state index >= 15 is 0 Å². The number of nitrogens with one attached hydrogen (secondary N) is 1. The minimum Gasteiger partial charge on any atom is -0.395 e. The van der Waals surface area contributed by atoms with E-state index in [-0.39, 0.29) is 12.6 Å². The first kappa shape index (κ1) is 12.8. The molecule has 0 fully saturated rings. The van der Waals surface area contributed by atoms with Gasteiger partial charge in [-0.15, -0.1) is 0 Å². The minimum absolute atomic E-state index is 0.179. The van der Waals surface area contributed by atoms with Crippen molar-refractivity contribution in [3.8, 4) is 5.69 Å². The quantitative estimate of drug-likeness (QED) is 0.815. The fraction of sp³-hybridized carbons (Fsp3) is 0.357. The third-order valence-corrected chi connectivity index (χ3v) is 3.05. The monoisotopic (exact) mass is 245 g/mol. The number of nitrogens with zero attached hydrogens (tertiary/aromatic N) is 2. The van der Waals surface area contributed by atoms with E-state index < -0.39 is 0 Å². The van der Waals surface area contributed by atoms with Crippen LogP contribution in [0.2, 0.25) is 0 Å². The molecule has 2 rings (SSSR count). The normalized spacial score (nSPS) is 12.6. The van der Waals surface area contributed by atoms with Crippen LogP contribution in [-0.4, -0.2) is 27.3 Å². The van der Waals surface area contributed by atoms with Crippen LogP contribution in [-0.2, 0) is 6.54 Å². The lowest BCUT2D eigenvalue weighted by molar-refractivity contribution is 0.238. The molecule has 0 unspecified atom stereocenters. The zero-order valence-electron chi connectivity index (χ0n) is 10.6. The van der Waals surface area contributed by atoms with Gasteiger partial charge in [0.1, 0.15) is 0 Å². The third-order valence-electron chi connectivity index (χ3n) is 3.05. The molecule has 4 heteroatoms. The molecule has 18 heavy (non-hydrogen) atoms. The summed E-state index contributed by atoms with van der Waals surface area (Å²) < 4.78 is 1.97. The molecule has 0 saturated heterocycles. The van der Waals surface area contributed by atoms with Gasteiger partial charge in [-0.05, 0) is 24.1 Å². The summed E-state index contributed by atoms with van der Waals surface area (Å²) in [5.41, 5.74) is 2.32. The number of hydrogen-bond acceptors (Lipinski definition) is 3. The number of aliphatic hydroxyl groups is 1. The SMILES string of the molecule is CC[C@H](CO)NCc1ccc(-n2ccnc2)cc1. The summed E-state index contributed by atoms with van der Waals surface area (Å²) in [6.45, 7) is 3.03. The van der Waals surface area contributed by atoms with Gasteiger partial charge in [-0.1, -0.05) is 19.1 Å². The molecule has 1 atom stereocenters. The topological polar surface area (TPSA) is 50.1 Å². The van der Waals surface area contributed by atoms with Crippen LogP contribution in [0.15, 0.2) is 43.0 Å². The van der Waals surface area contributed by atoms with Crippen molar-refractivity contribution in [1.82, 2.24) is 14.9 Å². The summed E-state index contributed by atoms with van der Waals surface area (Å²) in [6.07, 6.45) is 6.41. The number of benzene rings is 1. The van der Waals surface area contributed by atoms with Crippen LogP contribution in [0.5, 0.6) is 0 Å². The molecule has 0 bridgehead atoms. The highest BCUT2D eigenvalue weighted by molar-refractivity contribution is 5.34.